The maximum Gasteiger partial charge on any atom is 0.0829 e. The van der Waals surface area contributed by atoms with E-state index in [1.807, 2.05) is 13.8 Å². The van der Waals surface area contributed by atoms with Gasteiger partial charge in [0.1, 0.15) is 0 Å². The number of rotatable bonds is 5. The maximum absolute atomic E-state index is 9.45. The van der Waals surface area contributed by atoms with Crippen LogP contribution in [0.25, 0.3) is 0 Å². The molecule has 0 amide bonds. The van der Waals surface area contributed by atoms with E-state index in [-0.39, 0.29) is 0 Å². The molecule has 0 radical (unpaired) electrons. The van der Waals surface area contributed by atoms with Crippen molar-refractivity contribution < 1.29 is 5.11 Å². The van der Waals surface area contributed by atoms with Crippen LogP contribution in [0.15, 0.2) is 9.98 Å². The highest BCUT2D eigenvalue weighted by molar-refractivity contribution is 9.18. The van der Waals surface area contributed by atoms with E-state index < -0.39 is 5.60 Å². The minimum atomic E-state index is -0.727. The first-order chi connectivity index (χ1) is 6.35. The number of aliphatic hydroxyl groups is 1. The molecule has 0 saturated carbocycles. The van der Waals surface area contributed by atoms with Gasteiger partial charge in [0.2, 0.25) is 0 Å². The van der Waals surface area contributed by atoms with Crippen LogP contribution in [-0.2, 0) is 0 Å². The van der Waals surface area contributed by atoms with Gasteiger partial charge in [0.05, 0.1) is 16.8 Å². The van der Waals surface area contributed by atoms with Crippen molar-refractivity contribution in [3.8, 4) is 0 Å². The van der Waals surface area contributed by atoms with Crippen molar-refractivity contribution in [1.29, 1.82) is 0 Å². The highest BCUT2D eigenvalue weighted by Crippen LogP contribution is 2.04. The lowest BCUT2D eigenvalue weighted by atomic mass is 10.1. The van der Waals surface area contributed by atoms with Gasteiger partial charge in [-0.15, -0.1) is 0 Å². The molecule has 0 atom stereocenters. The number of aliphatic imine (C=N–C) groups is 2. The van der Waals surface area contributed by atoms with Gasteiger partial charge in [-0.2, -0.15) is 0 Å². The van der Waals surface area contributed by atoms with Gasteiger partial charge < -0.3 is 5.11 Å². The van der Waals surface area contributed by atoms with Crippen LogP contribution in [0.4, 0.5) is 0 Å². The van der Waals surface area contributed by atoms with Crippen LogP contribution < -0.4 is 0 Å². The van der Waals surface area contributed by atoms with Crippen molar-refractivity contribution >= 4 is 26.3 Å². The molecule has 0 bridgehead atoms. The Hall–Kier alpha value is -0.220. The Morgan fingerprint density at radius 2 is 1.93 bits per heavy atom. The molecule has 0 aromatic carbocycles. The summed E-state index contributed by atoms with van der Waals surface area (Å²) in [7, 11) is 0. The van der Waals surface area contributed by atoms with E-state index in [1.54, 1.807) is 13.8 Å². The Balaban J connectivity index is 4.08. The van der Waals surface area contributed by atoms with Crippen molar-refractivity contribution in [2.75, 3.05) is 13.1 Å². The summed E-state index contributed by atoms with van der Waals surface area (Å²) < 4.78 is 0.914. The summed E-state index contributed by atoms with van der Waals surface area (Å²) in [6.45, 7) is 8.64. The lowest BCUT2D eigenvalue weighted by molar-refractivity contribution is 0.0904. The first-order valence-corrected chi connectivity index (χ1v) is 5.55. The van der Waals surface area contributed by atoms with Crippen LogP contribution in [-0.4, -0.2) is 34.1 Å². The number of halogens is 1. The summed E-state index contributed by atoms with van der Waals surface area (Å²) >= 11 is 3.37. The van der Waals surface area contributed by atoms with Gasteiger partial charge in [0.15, 0.2) is 0 Å². The van der Waals surface area contributed by atoms with Crippen molar-refractivity contribution in [3.63, 3.8) is 0 Å². The molecule has 0 unspecified atom stereocenters. The molecule has 1 N–H and O–H groups in total. The van der Waals surface area contributed by atoms with Crippen LogP contribution in [0.5, 0.6) is 0 Å². The van der Waals surface area contributed by atoms with E-state index in [4.69, 9.17) is 0 Å². The number of hydrogen-bond acceptors (Lipinski definition) is 3. The van der Waals surface area contributed by atoms with Gasteiger partial charge in [-0.3, -0.25) is 9.98 Å². The molecule has 0 aliphatic rings. The molecule has 0 heterocycles. The van der Waals surface area contributed by atoms with Crippen molar-refractivity contribution in [3.05, 3.63) is 0 Å². The molecule has 0 saturated heterocycles. The third kappa shape index (κ3) is 8.38. The van der Waals surface area contributed by atoms with Crippen LogP contribution in [0, 0.1) is 0 Å². The van der Waals surface area contributed by atoms with Crippen molar-refractivity contribution in [2.45, 2.75) is 39.7 Å². The molecular formula is C10H19BrN2O. The van der Waals surface area contributed by atoms with Gasteiger partial charge in [-0.25, -0.2) is 0 Å². The Morgan fingerprint density at radius 3 is 2.36 bits per heavy atom. The molecule has 14 heavy (non-hydrogen) atoms. The molecule has 0 aromatic rings. The van der Waals surface area contributed by atoms with E-state index in [0.717, 1.165) is 23.3 Å². The third-order valence-corrected chi connectivity index (χ3v) is 2.00. The zero-order valence-corrected chi connectivity index (χ0v) is 10.9. The van der Waals surface area contributed by atoms with E-state index in [2.05, 4.69) is 25.9 Å². The SMILES string of the molecule is CCN=C(Br)CC(C)=NCC(C)(C)O. The predicted molar refractivity (Wildman–Crippen MR) is 65.8 cm³/mol. The summed E-state index contributed by atoms with van der Waals surface area (Å²) in [6.07, 6.45) is 0.726. The Labute approximate surface area is 94.5 Å². The fraction of sp³-hybridized carbons (Fsp3) is 0.800. The molecule has 0 aromatic heterocycles. The average molecular weight is 263 g/mol. The van der Waals surface area contributed by atoms with Crippen molar-refractivity contribution in [2.24, 2.45) is 9.98 Å². The van der Waals surface area contributed by atoms with Crippen LogP contribution >= 0.6 is 15.9 Å². The minimum absolute atomic E-state index is 0.436. The summed E-state index contributed by atoms with van der Waals surface area (Å²) in [5.41, 5.74) is 0.256. The smallest absolute Gasteiger partial charge is 0.0829 e. The standard InChI is InChI=1S/C10H19BrN2O/c1-5-12-9(11)6-8(2)13-7-10(3,4)14/h14H,5-7H2,1-4H3. The van der Waals surface area contributed by atoms with Gasteiger partial charge in [0.25, 0.3) is 0 Å². The van der Waals surface area contributed by atoms with Gasteiger partial charge in [-0.1, -0.05) is 0 Å². The summed E-state index contributed by atoms with van der Waals surface area (Å²) in [4.78, 5) is 8.47. The fourth-order valence-corrected chi connectivity index (χ4v) is 1.48. The molecular weight excluding hydrogens is 244 g/mol. The Bertz CT molecular complexity index is 229. The second kappa shape index (κ2) is 6.30. The monoisotopic (exact) mass is 262 g/mol. The van der Waals surface area contributed by atoms with E-state index in [9.17, 15) is 5.11 Å². The fourth-order valence-electron chi connectivity index (χ4n) is 0.823. The van der Waals surface area contributed by atoms with Gasteiger partial charge >= 0.3 is 0 Å². The molecule has 0 aliphatic carbocycles. The molecule has 82 valence electrons. The first-order valence-electron chi connectivity index (χ1n) is 4.76. The number of nitrogens with zero attached hydrogens (tertiary/aromatic N) is 2. The third-order valence-electron chi connectivity index (χ3n) is 1.47. The van der Waals surface area contributed by atoms with Crippen LogP contribution in [0.1, 0.15) is 34.1 Å². The zero-order chi connectivity index (χ0) is 11.2. The quantitative estimate of drug-likeness (QED) is 0.761. The first kappa shape index (κ1) is 13.8. The van der Waals surface area contributed by atoms with Crippen LogP contribution in [0.2, 0.25) is 0 Å². The average Bonchev–Trinajstić information content (AvgIpc) is 2.00. The van der Waals surface area contributed by atoms with Gasteiger partial charge in [0, 0.05) is 18.7 Å². The molecule has 0 aliphatic heterocycles. The lowest BCUT2D eigenvalue weighted by Gasteiger charge is -2.13. The van der Waals surface area contributed by atoms with Crippen LogP contribution in [0.3, 0.4) is 0 Å². The second-order valence-electron chi connectivity index (χ2n) is 3.89. The summed E-state index contributed by atoms with van der Waals surface area (Å²) in [5.74, 6) is 0. The zero-order valence-electron chi connectivity index (χ0n) is 9.34. The molecule has 0 spiro atoms. The molecule has 0 fully saturated rings. The summed E-state index contributed by atoms with van der Waals surface area (Å²) in [6, 6.07) is 0. The highest BCUT2D eigenvalue weighted by atomic mass is 79.9. The van der Waals surface area contributed by atoms with E-state index in [1.165, 1.54) is 0 Å². The van der Waals surface area contributed by atoms with E-state index >= 15 is 0 Å². The molecule has 4 heteroatoms. The predicted octanol–water partition coefficient (Wildman–Crippen LogP) is 2.42. The second-order valence-corrected chi connectivity index (χ2v) is 4.81. The highest BCUT2D eigenvalue weighted by Gasteiger charge is 2.10. The molecule has 3 nitrogen and oxygen atoms in total. The maximum atomic E-state index is 9.45. The normalized spacial score (nSPS) is 14.7. The Kier molecular flexibility index (Phi) is 6.20. The van der Waals surface area contributed by atoms with Crippen molar-refractivity contribution in [1.82, 2.24) is 0 Å². The molecule has 0 rings (SSSR count). The lowest BCUT2D eigenvalue weighted by Crippen LogP contribution is -2.23. The topological polar surface area (TPSA) is 45.0 Å². The largest absolute Gasteiger partial charge is 0.389 e. The van der Waals surface area contributed by atoms with Gasteiger partial charge in [-0.05, 0) is 43.6 Å². The minimum Gasteiger partial charge on any atom is -0.389 e. The van der Waals surface area contributed by atoms with E-state index in [0.29, 0.717) is 6.54 Å². The summed E-state index contributed by atoms with van der Waals surface area (Å²) in [5, 5.41) is 9.45. The number of hydrogen-bond donors (Lipinski definition) is 1. The Morgan fingerprint density at radius 1 is 1.36 bits per heavy atom.